The van der Waals surface area contributed by atoms with E-state index in [2.05, 4.69) is 5.10 Å². The number of nitrogens with zero attached hydrogens (tertiary/aromatic N) is 4. The second-order valence-electron chi connectivity index (χ2n) is 7.80. The van der Waals surface area contributed by atoms with Crippen LogP contribution in [0.25, 0.3) is 5.69 Å². The Morgan fingerprint density at radius 1 is 1.24 bits per heavy atom. The molecule has 6 nitrogen and oxygen atoms in total. The van der Waals surface area contributed by atoms with Gasteiger partial charge in [0.15, 0.2) is 0 Å². The maximum atomic E-state index is 12.8. The van der Waals surface area contributed by atoms with Gasteiger partial charge in [-0.05, 0) is 51.3 Å². The van der Waals surface area contributed by atoms with Crippen molar-refractivity contribution in [3.05, 3.63) is 50.4 Å². The van der Waals surface area contributed by atoms with Crippen LogP contribution in [0, 0.1) is 12.8 Å². The normalized spacial score (nSPS) is 15.1. The Morgan fingerprint density at radius 2 is 1.90 bits per heavy atom. The first-order chi connectivity index (χ1) is 13.7. The molecule has 2 aromatic rings. The van der Waals surface area contributed by atoms with Crippen molar-refractivity contribution in [3.63, 3.8) is 0 Å². The summed E-state index contributed by atoms with van der Waals surface area (Å²) in [7, 11) is 1.84. The Hall–Kier alpha value is -2.05. The highest BCUT2D eigenvalue weighted by molar-refractivity contribution is 6.33. The molecule has 0 spiro atoms. The van der Waals surface area contributed by atoms with E-state index in [9.17, 15) is 9.59 Å². The molecular weight excluding hydrogens is 411 g/mol. The molecule has 1 aliphatic rings. The molecule has 0 bridgehead atoms. The number of amides is 1. The lowest BCUT2D eigenvalue weighted by Gasteiger charge is -2.35. The van der Waals surface area contributed by atoms with Crippen molar-refractivity contribution in [2.24, 2.45) is 5.92 Å². The molecule has 0 radical (unpaired) electrons. The van der Waals surface area contributed by atoms with E-state index < -0.39 is 0 Å². The van der Waals surface area contributed by atoms with Crippen LogP contribution in [-0.4, -0.2) is 46.8 Å². The summed E-state index contributed by atoms with van der Waals surface area (Å²) in [5.74, 6) is 0.177. The number of benzene rings is 1. The molecule has 0 aliphatic carbocycles. The van der Waals surface area contributed by atoms with E-state index in [0.717, 1.165) is 18.4 Å². The quantitative estimate of drug-likeness (QED) is 0.728. The zero-order valence-electron chi connectivity index (χ0n) is 17.2. The first-order valence-electron chi connectivity index (χ1n) is 9.76. The van der Waals surface area contributed by atoms with Gasteiger partial charge in [0, 0.05) is 37.1 Å². The van der Waals surface area contributed by atoms with Crippen LogP contribution in [0.1, 0.15) is 32.3 Å². The Kier molecular flexibility index (Phi) is 6.54. The SMILES string of the molecule is Cc1ccc(-n2ncc(N3CCC(C(=O)N(C)C(C)C)CC3)c(Cl)c2=O)cc1Cl. The third kappa shape index (κ3) is 4.43. The number of hydrogen-bond donors (Lipinski definition) is 0. The van der Waals surface area contributed by atoms with Gasteiger partial charge in [-0.2, -0.15) is 9.78 Å². The van der Waals surface area contributed by atoms with Crippen LogP contribution in [0.3, 0.4) is 0 Å². The number of aromatic nitrogens is 2. The predicted molar refractivity (Wildman–Crippen MR) is 117 cm³/mol. The summed E-state index contributed by atoms with van der Waals surface area (Å²) < 4.78 is 1.25. The van der Waals surface area contributed by atoms with Gasteiger partial charge in [-0.15, -0.1) is 0 Å². The average Bonchev–Trinajstić information content (AvgIpc) is 2.71. The third-order valence-electron chi connectivity index (χ3n) is 5.61. The van der Waals surface area contributed by atoms with Gasteiger partial charge in [0.1, 0.15) is 5.02 Å². The van der Waals surface area contributed by atoms with Gasteiger partial charge in [-0.25, -0.2) is 0 Å². The Bertz CT molecular complexity index is 966. The first-order valence-corrected chi connectivity index (χ1v) is 10.5. The van der Waals surface area contributed by atoms with Crippen molar-refractivity contribution >= 4 is 34.8 Å². The summed E-state index contributed by atoms with van der Waals surface area (Å²) in [6.45, 7) is 7.22. The minimum atomic E-state index is -0.387. The summed E-state index contributed by atoms with van der Waals surface area (Å²) in [4.78, 5) is 29.2. The fourth-order valence-electron chi connectivity index (χ4n) is 3.45. The molecule has 1 aliphatic heterocycles. The highest BCUT2D eigenvalue weighted by Crippen LogP contribution is 2.28. The molecule has 1 fully saturated rings. The number of hydrogen-bond acceptors (Lipinski definition) is 4. The zero-order chi connectivity index (χ0) is 21.3. The minimum absolute atomic E-state index is 0.000421. The van der Waals surface area contributed by atoms with E-state index >= 15 is 0 Å². The molecule has 1 saturated heterocycles. The molecule has 0 atom stereocenters. The summed E-state index contributed by atoms with van der Waals surface area (Å²) in [6, 6.07) is 5.50. The maximum Gasteiger partial charge on any atom is 0.292 e. The number of carbonyl (C=O) groups is 1. The Balaban J connectivity index is 1.78. The Morgan fingerprint density at radius 3 is 2.48 bits per heavy atom. The van der Waals surface area contributed by atoms with Gasteiger partial charge in [0.05, 0.1) is 17.6 Å². The van der Waals surface area contributed by atoms with Crippen LogP contribution in [0.5, 0.6) is 0 Å². The summed E-state index contributed by atoms with van der Waals surface area (Å²) in [5, 5.41) is 5.00. The number of carbonyl (C=O) groups excluding carboxylic acids is 1. The number of rotatable bonds is 4. The van der Waals surface area contributed by atoms with Gasteiger partial charge in [-0.3, -0.25) is 9.59 Å². The smallest absolute Gasteiger partial charge is 0.292 e. The van der Waals surface area contributed by atoms with Crippen LogP contribution >= 0.6 is 23.2 Å². The molecule has 1 aromatic carbocycles. The van der Waals surface area contributed by atoms with Crippen molar-refractivity contribution in [3.8, 4) is 5.69 Å². The van der Waals surface area contributed by atoms with Crippen molar-refractivity contribution < 1.29 is 4.79 Å². The number of piperidine rings is 1. The number of halogens is 2. The number of anilines is 1. The lowest BCUT2D eigenvalue weighted by atomic mass is 9.94. The van der Waals surface area contributed by atoms with Crippen LogP contribution in [0.15, 0.2) is 29.2 Å². The molecule has 0 N–H and O–H groups in total. The van der Waals surface area contributed by atoms with Gasteiger partial charge in [0.2, 0.25) is 5.91 Å². The van der Waals surface area contributed by atoms with E-state index in [4.69, 9.17) is 23.2 Å². The van der Waals surface area contributed by atoms with Crippen molar-refractivity contribution in [1.82, 2.24) is 14.7 Å². The largest absolute Gasteiger partial charge is 0.369 e. The molecule has 8 heteroatoms. The first kappa shape index (κ1) is 21.7. The maximum absolute atomic E-state index is 12.8. The molecular formula is C21H26Cl2N4O2. The molecule has 0 unspecified atom stereocenters. The molecule has 156 valence electrons. The molecule has 1 amide bonds. The summed E-state index contributed by atoms with van der Waals surface area (Å²) >= 11 is 12.6. The average molecular weight is 437 g/mol. The van der Waals surface area contributed by atoms with Crippen LogP contribution in [0.4, 0.5) is 5.69 Å². The van der Waals surface area contributed by atoms with E-state index in [1.165, 1.54) is 4.68 Å². The molecule has 0 saturated carbocycles. The van der Waals surface area contributed by atoms with Crippen LogP contribution in [0.2, 0.25) is 10.0 Å². The molecule has 2 heterocycles. The lowest BCUT2D eigenvalue weighted by Crippen LogP contribution is -2.43. The minimum Gasteiger partial charge on any atom is -0.369 e. The summed E-state index contributed by atoms with van der Waals surface area (Å²) in [6.07, 6.45) is 3.06. The summed E-state index contributed by atoms with van der Waals surface area (Å²) in [5.41, 5.74) is 1.71. The van der Waals surface area contributed by atoms with Gasteiger partial charge in [-0.1, -0.05) is 29.3 Å². The van der Waals surface area contributed by atoms with E-state index in [1.54, 1.807) is 23.2 Å². The standard InChI is InChI=1S/C21H26Cl2N4O2/c1-13(2)25(4)20(28)15-7-9-26(10-8-15)18-12-24-27(21(29)19(18)23)16-6-5-14(3)17(22)11-16/h5-6,11-13,15H,7-10H2,1-4H3. The fraction of sp³-hybridized carbons (Fsp3) is 0.476. The van der Waals surface area contributed by atoms with Crippen molar-refractivity contribution in [1.29, 1.82) is 0 Å². The fourth-order valence-corrected chi connectivity index (χ4v) is 3.87. The highest BCUT2D eigenvalue weighted by Gasteiger charge is 2.29. The van der Waals surface area contributed by atoms with Gasteiger partial charge >= 0.3 is 0 Å². The third-order valence-corrected chi connectivity index (χ3v) is 6.37. The second-order valence-corrected chi connectivity index (χ2v) is 8.58. The highest BCUT2D eigenvalue weighted by atomic mass is 35.5. The molecule has 3 rings (SSSR count). The van der Waals surface area contributed by atoms with Crippen LogP contribution in [-0.2, 0) is 4.79 Å². The predicted octanol–water partition coefficient (Wildman–Crippen LogP) is 3.93. The monoisotopic (exact) mass is 436 g/mol. The van der Waals surface area contributed by atoms with Crippen molar-refractivity contribution in [2.75, 3.05) is 25.0 Å². The van der Waals surface area contributed by atoms with E-state index in [-0.39, 0.29) is 28.4 Å². The topological polar surface area (TPSA) is 58.4 Å². The Labute approximate surface area is 181 Å². The van der Waals surface area contributed by atoms with E-state index in [0.29, 0.717) is 29.5 Å². The number of aryl methyl sites for hydroxylation is 1. The molecule has 29 heavy (non-hydrogen) atoms. The van der Waals surface area contributed by atoms with Gasteiger partial charge in [0.25, 0.3) is 5.56 Å². The lowest BCUT2D eigenvalue weighted by molar-refractivity contribution is -0.136. The van der Waals surface area contributed by atoms with Crippen LogP contribution < -0.4 is 10.5 Å². The van der Waals surface area contributed by atoms with E-state index in [1.807, 2.05) is 38.8 Å². The zero-order valence-corrected chi connectivity index (χ0v) is 18.7. The van der Waals surface area contributed by atoms with Gasteiger partial charge < -0.3 is 9.80 Å². The molecule has 1 aromatic heterocycles. The van der Waals surface area contributed by atoms with Crippen molar-refractivity contribution in [2.45, 2.75) is 39.7 Å². The second kappa shape index (κ2) is 8.76.